The van der Waals surface area contributed by atoms with E-state index >= 15 is 0 Å². The average Bonchev–Trinajstić information content (AvgIpc) is 3.39. The molecule has 4 nitrogen and oxygen atoms in total. The zero-order valence-electron chi connectivity index (χ0n) is 14.6. The Bertz CT molecular complexity index is 530. The number of ether oxygens (including phenoxy) is 2. The molecule has 3 rings (SSSR count). The van der Waals surface area contributed by atoms with Crippen LogP contribution in [0.3, 0.4) is 0 Å². The van der Waals surface area contributed by atoms with Crippen LogP contribution in [-0.4, -0.2) is 44.3 Å². The van der Waals surface area contributed by atoms with Crippen molar-refractivity contribution in [2.45, 2.75) is 50.6 Å². The number of hydrogen-bond acceptors (Lipinski definition) is 4. The van der Waals surface area contributed by atoms with Gasteiger partial charge in [0.05, 0.1) is 14.2 Å². The first-order valence-electron chi connectivity index (χ1n) is 8.87. The largest absolute Gasteiger partial charge is 0.493 e. The molecule has 2 fully saturated rings. The highest BCUT2D eigenvalue weighted by molar-refractivity contribution is 5.44. The van der Waals surface area contributed by atoms with Crippen molar-refractivity contribution in [2.75, 3.05) is 27.3 Å². The third-order valence-corrected chi connectivity index (χ3v) is 5.44. The van der Waals surface area contributed by atoms with E-state index in [1.165, 1.54) is 24.8 Å². The van der Waals surface area contributed by atoms with Gasteiger partial charge in [0.2, 0.25) is 0 Å². The lowest BCUT2D eigenvalue weighted by Gasteiger charge is -2.41. The van der Waals surface area contributed by atoms with Crippen molar-refractivity contribution in [3.8, 4) is 11.5 Å². The van der Waals surface area contributed by atoms with E-state index in [9.17, 15) is 0 Å². The zero-order chi connectivity index (χ0) is 16.4. The van der Waals surface area contributed by atoms with Gasteiger partial charge in [-0.05, 0) is 55.2 Å². The minimum absolute atomic E-state index is 0.259. The molecule has 0 aromatic heterocycles. The number of rotatable bonds is 6. The minimum Gasteiger partial charge on any atom is -0.493 e. The fraction of sp³-hybridized carbons (Fsp3) is 0.684. The van der Waals surface area contributed by atoms with E-state index in [0.717, 1.165) is 36.9 Å². The van der Waals surface area contributed by atoms with Crippen molar-refractivity contribution < 1.29 is 9.47 Å². The van der Waals surface area contributed by atoms with Crippen LogP contribution in [0.4, 0.5) is 0 Å². The first-order valence-corrected chi connectivity index (χ1v) is 8.87. The number of nitrogens with two attached hydrogens (primary N) is 1. The van der Waals surface area contributed by atoms with E-state index in [2.05, 4.69) is 24.0 Å². The summed E-state index contributed by atoms with van der Waals surface area (Å²) in [6.07, 6.45) is 5.07. The highest BCUT2D eigenvalue weighted by atomic mass is 16.5. The molecule has 1 saturated heterocycles. The van der Waals surface area contributed by atoms with E-state index < -0.39 is 0 Å². The van der Waals surface area contributed by atoms with Gasteiger partial charge in [-0.1, -0.05) is 13.0 Å². The van der Waals surface area contributed by atoms with Crippen molar-refractivity contribution >= 4 is 0 Å². The van der Waals surface area contributed by atoms with Gasteiger partial charge >= 0.3 is 0 Å². The van der Waals surface area contributed by atoms with E-state index in [1.54, 1.807) is 14.2 Å². The molecule has 128 valence electrons. The molecule has 3 atom stereocenters. The molecule has 1 aliphatic heterocycles. The molecule has 4 heteroatoms. The quantitative estimate of drug-likeness (QED) is 0.876. The summed E-state index contributed by atoms with van der Waals surface area (Å²) in [5.74, 6) is 2.98. The third-order valence-electron chi connectivity index (χ3n) is 5.44. The summed E-state index contributed by atoms with van der Waals surface area (Å²) in [5.41, 5.74) is 7.71. The summed E-state index contributed by atoms with van der Waals surface area (Å²) in [7, 11) is 3.37. The molecule has 1 aromatic carbocycles. The van der Waals surface area contributed by atoms with Crippen LogP contribution in [0.15, 0.2) is 18.2 Å². The van der Waals surface area contributed by atoms with Crippen LogP contribution >= 0.6 is 0 Å². The van der Waals surface area contributed by atoms with Crippen LogP contribution in [0.2, 0.25) is 0 Å². The Morgan fingerprint density at radius 1 is 1.17 bits per heavy atom. The minimum atomic E-state index is 0.259. The van der Waals surface area contributed by atoms with Crippen LogP contribution in [-0.2, 0) is 0 Å². The number of piperidine rings is 1. The number of likely N-dealkylation sites (tertiary alicyclic amines) is 1. The lowest BCUT2D eigenvalue weighted by molar-refractivity contribution is 0.116. The van der Waals surface area contributed by atoms with E-state index in [1.807, 2.05) is 6.07 Å². The van der Waals surface area contributed by atoms with Crippen molar-refractivity contribution in [2.24, 2.45) is 11.7 Å². The fourth-order valence-corrected chi connectivity index (χ4v) is 4.16. The summed E-state index contributed by atoms with van der Waals surface area (Å²) < 4.78 is 10.8. The molecule has 1 aliphatic carbocycles. The lowest BCUT2D eigenvalue weighted by Crippen LogP contribution is -2.50. The van der Waals surface area contributed by atoms with Crippen molar-refractivity contribution in [3.63, 3.8) is 0 Å². The van der Waals surface area contributed by atoms with Crippen molar-refractivity contribution in [1.82, 2.24) is 4.90 Å². The molecule has 0 radical (unpaired) electrons. The van der Waals surface area contributed by atoms with Crippen LogP contribution in [0.1, 0.15) is 44.1 Å². The molecule has 0 spiro atoms. The maximum atomic E-state index is 6.39. The Labute approximate surface area is 139 Å². The van der Waals surface area contributed by atoms with Gasteiger partial charge in [-0.2, -0.15) is 0 Å². The van der Waals surface area contributed by atoms with Gasteiger partial charge in [0.1, 0.15) is 0 Å². The summed E-state index contributed by atoms with van der Waals surface area (Å²) in [6.45, 7) is 4.46. The SMILES string of the molecule is CCC(C1CC1)N1CC(N)CC(c2ccc(OC)c(OC)c2)C1. The zero-order valence-corrected chi connectivity index (χ0v) is 14.6. The van der Waals surface area contributed by atoms with Gasteiger partial charge in [0.15, 0.2) is 11.5 Å². The second-order valence-corrected chi connectivity index (χ2v) is 7.07. The molecule has 23 heavy (non-hydrogen) atoms. The summed E-state index contributed by atoms with van der Waals surface area (Å²) in [6, 6.07) is 7.27. The van der Waals surface area contributed by atoms with Gasteiger partial charge in [-0.25, -0.2) is 0 Å². The van der Waals surface area contributed by atoms with Gasteiger partial charge in [0.25, 0.3) is 0 Å². The molecule has 1 heterocycles. The Hall–Kier alpha value is -1.26. The maximum Gasteiger partial charge on any atom is 0.160 e. The van der Waals surface area contributed by atoms with Crippen molar-refractivity contribution in [3.05, 3.63) is 23.8 Å². The van der Waals surface area contributed by atoms with Gasteiger partial charge in [-0.15, -0.1) is 0 Å². The highest BCUT2D eigenvalue weighted by Gasteiger charge is 2.37. The second kappa shape index (κ2) is 7.10. The van der Waals surface area contributed by atoms with Gasteiger partial charge < -0.3 is 15.2 Å². The molecule has 0 bridgehead atoms. The highest BCUT2D eigenvalue weighted by Crippen LogP contribution is 2.40. The van der Waals surface area contributed by atoms with E-state index in [-0.39, 0.29) is 6.04 Å². The molecule has 1 aromatic rings. The normalized spacial score (nSPS) is 26.8. The predicted octanol–water partition coefficient (Wildman–Crippen LogP) is 3.01. The monoisotopic (exact) mass is 318 g/mol. The van der Waals surface area contributed by atoms with E-state index in [0.29, 0.717) is 12.0 Å². The fourth-order valence-electron chi connectivity index (χ4n) is 4.16. The molecule has 0 amide bonds. The lowest BCUT2D eigenvalue weighted by atomic mass is 9.86. The molecule has 2 N–H and O–H groups in total. The summed E-state index contributed by atoms with van der Waals surface area (Å²) in [5, 5.41) is 0. The first kappa shape index (κ1) is 16.6. The Morgan fingerprint density at radius 2 is 1.91 bits per heavy atom. The molecular formula is C19H30N2O2. The smallest absolute Gasteiger partial charge is 0.160 e. The molecule has 3 unspecified atom stereocenters. The summed E-state index contributed by atoms with van der Waals surface area (Å²) >= 11 is 0. The Morgan fingerprint density at radius 3 is 2.52 bits per heavy atom. The first-order chi connectivity index (χ1) is 11.2. The average molecular weight is 318 g/mol. The number of benzene rings is 1. The number of methoxy groups -OCH3 is 2. The second-order valence-electron chi connectivity index (χ2n) is 7.07. The third kappa shape index (κ3) is 3.64. The molecule has 1 saturated carbocycles. The Kier molecular flexibility index (Phi) is 5.12. The number of hydrogen-bond donors (Lipinski definition) is 1. The van der Waals surface area contributed by atoms with Crippen LogP contribution in [0.5, 0.6) is 11.5 Å². The van der Waals surface area contributed by atoms with E-state index in [4.69, 9.17) is 15.2 Å². The standard InChI is InChI=1S/C19H30N2O2/c1-4-17(13-5-6-13)21-11-15(9-16(20)12-21)14-7-8-18(22-2)19(10-14)23-3/h7-8,10,13,15-17H,4-6,9,11-12,20H2,1-3H3. The van der Waals surface area contributed by atoms with Gasteiger partial charge in [-0.3, -0.25) is 4.90 Å². The predicted molar refractivity (Wildman–Crippen MR) is 93.3 cm³/mol. The Balaban J connectivity index is 1.78. The maximum absolute atomic E-state index is 6.39. The molecular weight excluding hydrogens is 288 g/mol. The summed E-state index contributed by atoms with van der Waals surface area (Å²) in [4.78, 5) is 2.65. The number of nitrogens with zero attached hydrogens (tertiary/aromatic N) is 1. The van der Waals surface area contributed by atoms with Crippen LogP contribution in [0.25, 0.3) is 0 Å². The van der Waals surface area contributed by atoms with Crippen LogP contribution < -0.4 is 15.2 Å². The topological polar surface area (TPSA) is 47.7 Å². The van der Waals surface area contributed by atoms with Crippen molar-refractivity contribution in [1.29, 1.82) is 0 Å². The van der Waals surface area contributed by atoms with Gasteiger partial charge in [0, 0.05) is 25.2 Å². The molecule has 2 aliphatic rings. The van der Waals surface area contributed by atoms with Crippen LogP contribution in [0, 0.1) is 5.92 Å².